The normalized spacial score (nSPS) is 22.4. The number of nitrogens with two attached hydrogens (primary N) is 1. The first kappa shape index (κ1) is 13.6. The predicted molar refractivity (Wildman–Crippen MR) is 75.8 cm³/mol. The molecule has 1 saturated heterocycles. The van der Waals surface area contributed by atoms with Crippen LogP contribution in [0.25, 0.3) is 0 Å². The van der Waals surface area contributed by atoms with Crippen LogP contribution in [-0.2, 0) is 11.2 Å². The first-order valence-corrected chi connectivity index (χ1v) is 7.37. The third-order valence-electron chi connectivity index (χ3n) is 3.74. The van der Waals surface area contributed by atoms with Crippen molar-refractivity contribution in [3.8, 4) is 0 Å². The largest absolute Gasteiger partial charge is 0.336 e. The highest BCUT2D eigenvalue weighted by Gasteiger charge is 2.39. The number of aryl methyl sites for hydroxylation is 2. The van der Waals surface area contributed by atoms with Crippen LogP contribution in [0.2, 0.25) is 0 Å². The van der Waals surface area contributed by atoms with Crippen molar-refractivity contribution in [2.24, 2.45) is 5.73 Å². The van der Waals surface area contributed by atoms with E-state index in [0.29, 0.717) is 13.0 Å². The van der Waals surface area contributed by atoms with Crippen LogP contribution in [0.1, 0.15) is 37.1 Å². The summed E-state index contributed by atoms with van der Waals surface area (Å²) in [6.45, 7) is 7.02. The summed E-state index contributed by atoms with van der Waals surface area (Å²) in [6, 6.07) is 2.24. The lowest BCUT2D eigenvalue weighted by molar-refractivity contribution is -0.134. The molecule has 18 heavy (non-hydrogen) atoms. The van der Waals surface area contributed by atoms with E-state index in [1.807, 2.05) is 4.90 Å². The molecule has 3 nitrogen and oxygen atoms in total. The Balaban J connectivity index is 1.95. The third-order valence-corrected chi connectivity index (χ3v) is 4.83. The fourth-order valence-electron chi connectivity index (χ4n) is 2.75. The zero-order valence-corrected chi connectivity index (χ0v) is 12.2. The van der Waals surface area contributed by atoms with E-state index in [2.05, 4.69) is 32.2 Å². The number of rotatable bonds is 3. The van der Waals surface area contributed by atoms with Crippen molar-refractivity contribution in [3.63, 3.8) is 0 Å². The molecule has 0 aromatic carbocycles. The number of hydrogen-bond donors (Lipinski definition) is 1. The molecule has 0 aliphatic carbocycles. The molecular formula is C14H22N2OS. The standard InChI is InChI=1S/C14H22N2OS/c1-10-6-7-18-12(10)4-5-13(17)16-9-11(15)8-14(16,2)3/h6-7,11H,4-5,8-9,15H2,1-3H3. The van der Waals surface area contributed by atoms with Gasteiger partial charge in [-0.1, -0.05) is 0 Å². The molecule has 1 aromatic heterocycles. The van der Waals surface area contributed by atoms with Crippen LogP contribution in [0.5, 0.6) is 0 Å². The van der Waals surface area contributed by atoms with Crippen LogP contribution >= 0.6 is 11.3 Å². The average molecular weight is 266 g/mol. The summed E-state index contributed by atoms with van der Waals surface area (Å²) in [4.78, 5) is 15.6. The molecule has 0 spiro atoms. The van der Waals surface area contributed by atoms with Gasteiger partial charge in [-0.2, -0.15) is 0 Å². The van der Waals surface area contributed by atoms with E-state index in [4.69, 9.17) is 5.73 Å². The number of likely N-dealkylation sites (tertiary alicyclic amines) is 1. The van der Waals surface area contributed by atoms with E-state index < -0.39 is 0 Å². The molecule has 100 valence electrons. The Morgan fingerprint density at radius 3 is 2.83 bits per heavy atom. The second kappa shape index (κ2) is 5.02. The van der Waals surface area contributed by atoms with E-state index in [1.165, 1.54) is 10.4 Å². The molecule has 0 saturated carbocycles. The molecule has 1 aliphatic rings. The monoisotopic (exact) mass is 266 g/mol. The van der Waals surface area contributed by atoms with E-state index >= 15 is 0 Å². The molecule has 0 radical (unpaired) electrons. The fourth-order valence-corrected chi connectivity index (χ4v) is 3.66. The summed E-state index contributed by atoms with van der Waals surface area (Å²) in [5, 5.41) is 2.09. The molecule has 1 aliphatic heterocycles. The SMILES string of the molecule is Cc1ccsc1CCC(=O)N1CC(N)CC1(C)C. The number of hydrogen-bond acceptors (Lipinski definition) is 3. The lowest BCUT2D eigenvalue weighted by Crippen LogP contribution is -2.42. The summed E-state index contributed by atoms with van der Waals surface area (Å²) < 4.78 is 0. The van der Waals surface area contributed by atoms with Crippen molar-refractivity contribution in [2.45, 2.75) is 51.6 Å². The van der Waals surface area contributed by atoms with Gasteiger partial charge in [0.2, 0.25) is 5.91 Å². The van der Waals surface area contributed by atoms with Crippen LogP contribution in [-0.4, -0.2) is 28.9 Å². The molecular weight excluding hydrogens is 244 g/mol. The quantitative estimate of drug-likeness (QED) is 0.912. The Kier molecular flexibility index (Phi) is 3.78. The molecule has 2 rings (SSSR count). The number of amides is 1. The van der Waals surface area contributed by atoms with Gasteiger partial charge >= 0.3 is 0 Å². The van der Waals surface area contributed by atoms with Gasteiger partial charge in [0.15, 0.2) is 0 Å². The van der Waals surface area contributed by atoms with E-state index in [-0.39, 0.29) is 17.5 Å². The second-order valence-corrected chi connectivity index (χ2v) is 6.81. The minimum absolute atomic E-state index is 0.0823. The van der Waals surface area contributed by atoms with Crippen LogP contribution < -0.4 is 5.73 Å². The van der Waals surface area contributed by atoms with Gasteiger partial charge in [0.1, 0.15) is 0 Å². The number of carbonyl (C=O) groups excluding carboxylic acids is 1. The van der Waals surface area contributed by atoms with Gasteiger partial charge in [-0.15, -0.1) is 11.3 Å². The Hall–Kier alpha value is -0.870. The number of nitrogens with zero attached hydrogens (tertiary/aromatic N) is 1. The van der Waals surface area contributed by atoms with Gasteiger partial charge in [0.05, 0.1) is 0 Å². The van der Waals surface area contributed by atoms with Gasteiger partial charge in [-0.25, -0.2) is 0 Å². The topological polar surface area (TPSA) is 46.3 Å². The van der Waals surface area contributed by atoms with Gasteiger partial charge in [0.25, 0.3) is 0 Å². The molecule has 1 unspecified atom stereocenters. The Bertz CT molecular complexity index is 439. The summed E-state index contributed by atoms with van der Waals surface area (Å²) in [5.41, 5.74) is 7.18. The van der Waals surface area contributed by atoms with Gasteiger partial charge in [-0.3, -0.25) is 4.79 Å². The number of carbonyl (C=O) groups is 1. The molecule has 4 heteroatoms. The van der Waals surface area contributed by atoms with Crippen molar-refractivity contribution in [2.75, 3.05) is 6.54 Å². The summed E-state index contributed by atoms with van der Waals surface area (Å²) in [5.74, 6) is 0.237. The zero-order valence-electron chi connectivity index (χ0n) is 11.4. The fraction of sp³-hybridized carbons (Fsp3) is 0.643. The van der Waals surface area contributed by atoms with E-state index in [9.17, 15) is 4.79 Å². The maximum absolute atomic E-state index is 12.3. The molecule has 1 aromatic rings. The lowest BCUT2D eigenvalue weighted by Gasteiger charge is -2.31. The second-order valence-electron chi connectivity index (χ2n) is 5.81. The third kappa shape index (κ3) is 2.75. The molecule has 1 atom stereocenters. The van der Waals surface area contributed by atoms with Gasteiger partial charge < -0.3 is 10.6 Å². The first-order chi connectivity index (χ1) is 8.40. The summed E-state index contributed by atoms with van der Waals surface area (Å²) in [7, 11) is 0. The molecule has 1 amide bonds. The average Bonchev–Trinajstić information content (AvgIpc) is 2.78. The van der Waals surface area contributed by atoms with E-state index in [1.54, 1.807) is 11.3 Å². The van der Waals surface area contributed by atoms with Crippen LogP contribution in [0.15, 0.2) is 11.4 Å². The Labute approximate surface area is 113 Å². The Morgan fingerprint density at radius 1 is 1.61 bits per heavy atom. The maximum atomic E-state index is 12.3. The molecule has 1 fully saturated rings. The smallest absolute Gasteiger partial charge is 0.223 e. The van der Waals surface area contributed by atoms with Crippen molar-refractivity contribution in [1.82, 2.24) is 4.90 Å². The summed E-state index contributed by atoms with van der Waals surface area (Å²) >= 11 is 1.74. The minimum atomic E-state index is -0.0823. The highest BCUT2D eigenvalue weighted by atomic mass is 32.1. The molecule has 0 bridgehead atoms. The first-order valence-electron chi connectivity index (χ1n) is 6.49. The predicted octanol–water partition coefficient (Wildman–Crippen LogP) is 2.33. The van der Waals surface area contributed by atoms with Crippen molar-refractivity contribution < 1.29 is 4.79 Å². The van der Waals surface area contributed by atoms with Crippen LogP contribution in [0.3, 0.4) is 0 Å². The maximum Gasteiger partial charge on any atom is 0.223 e. The summed E-state index contributed by atoms with van der Waals surface area (Å²) in [6.07, 6.45) is 2.35. The van der Waals surface area contributed by atoms with Gasteiger partial charge in [0, 0.05) is 29.4 Å². The molecule has 2 N–H and O–H groups in total. The molecule has 2 heterocycles. The van der Waals surface area contributed by atoms with Gasteiger partial charge in [-0.05, 0) is 50.6 Å². The minimum Gasteiger partial charge on any atom is -0.336 e. The van der Waals surface area contributed by atoms with Crippen LogP contribution in [0, 0.1) is 6.92 Å². The lowest BCUT2D eigenvalue weighted by atomic mass is 10.00. The van der Waals surface area contributed by atoms with Crippen molar-refractivity contribution in [1.29, 1.82) is 0 Å². The highest BCUT2D eigenvalue weighted by molar-refractivity contribution is 7.10. The number of thiophene rings is 1. The zero-order chi connectivity index (χ0) is 13.3. The highest BCUT2D eigenvalue weighted by Crippen LogP contribution is 2.29. The van der Waals surface area contributed by atoms with Crippen molar-refractivity contribution in [3.05, 3.63) is 21.9 Å². The van der Waals surface area contributed by atoms with Crippen molar-refractivity contribution >= 4 is 17.2 Å². The Morgan fingerprint density at radius 2 is 2.33 bits per heavy atom. The van der Waals surface area contributed by atoms with E-state index in [0.717, 1.165) is 12.8 Å². The van der Waals surface area contributed by atoms with Crippen LogP contribution in [0.4, 0.5) is 0 Å².